The molecule has 0 spiro atoms. The molecular formula is C21H32IN5O3S. The first-order valence-corrected chi connectivity index (χ1v) is 11.8. The largest absolute Gasteiger partial charge is 0.364 e. The van der Waals surface area contributed by atoms with E-state index in [0.717, 1.165) is 18.9 Å². The van der Waals surface area contributed by atoms with Crippen LogP contribution in [-0.4, -0.2) is 68.5 Å². The number of halogens is 1. The molecule has 1 aliphatic heterocycles. The van der Waals surface area contributed by atoms with Crippen LogP contribution in [0.2, 0.25) is 0 Å². The highest BCUT2D eigenvalue weighted by molar-refractivity contribution is 14.0. The Labute approximate surface area is 202 Å². The summed E-state index contributed by atoms with van der Waals surface area (Å²) in [6, 6.07) is 12.0. The van der Waals surface area contributed by atoms with Crippen molar-refractivity contribution in [1.82, 2.24) is 19.7 Å². The van der Waals surface area contributed by atoms with E-state index in [-0.39, 0.29) is 35.1 Å². The smallest absolute Gasteiger partial charge is 0.220 e. The van der Waals surface area contributed by atoms with Gasteiger partial charge >= 0.3 is 0 Å². The van der Waals surface area contributed by atoms with Gasteiger partial charge in [-0.25, -0.2) is 8.42 Å². The fourth-order valence-electron chi connectivity index (χ4n) is 3.63. The third-order valence-corrected chi connectivity index (χ3v) is 7.03. The lowest BCUT2D eigenvalue weighted by molar-refractivity contribution is 0.255. The molecule has 0 unspecified atom stereocenters. The van der Waals surface area contributed by atoms with Gasteiger partial charge in [0.15, 0.2) is 5.96 Å². The van der Waals surface area contributed by atoms with Gasteiger partial charge in [0.2, 0.25) is 10.0 Å². The summed E-state index contributed by atoms with van der Waals surface area (Å²) >= 11 is 0. The summed E-state index contributed by atoms with van der Waals surface area (Å²) in [6.07, 6.45) is 2.35. The Balaban J connectivity index is 0.00000341. The molecule has 2 aromatic rings. The fourth-order valence-corrected chi connectivity index (χ4v) is 5.05. The molecule has 0 aliphatic carbocycles. The Morgan fingerprint density at radius 1 is 1.16 bits per heavy atom. The lowest BCUT2D eigenvalue weighted by Crippen LogP contribution is -2.54. The average Bonchev–Trinajstić information content (AvgIpc) is 3.21. The SMILES string of the molecule is CN=C(NCC(C)(C)Cc1ccccc1)N1CCN(S(=O)(=O)Cc2ccon2)CC1.I. The number of guanidine groups is 1. The van der Waals surface area contributed by atoms with Crippen molar-refractivity contribution in [2.24, 2.45) is 10.4 Å². The molecule has 0 radical (unpaired) electrons. The Kier molecular flexibility index (Phi) is 9.31. The van der Waals surface area contributed by atoms with Crippen molar-refractivity contribution in [2.45, 2.75) is 26.0 Å². The molecular weight excluding hydrogens is 529 g/mol. The third kappa shape index (κ3) is 7.46. The molecule has 1 saturated heterocycles. The van der Waals surface area contributed by atoms with Gasteiger partial charge in [0.25, 0.3) is 0 Å². The van der Waals surface area contributed by atoms with Crippen molar-refractivity contribution in [3.63, 3.8) is 0 Å². The fraction of sp³-hybridized carbons (Fsp3) is 0.524. The Hall–Kier alpha value is -1.66. The van der Waals surface area contributed by atoms with Crippen molar-refractivity contribution >= 4 is 40.0 Å². The highest BCUT2D eigenvalue weighted by Gasteiger charge is 2.29. The van der Waals surface area contributed by atoms with E-state index in [0.29, 0.717) is 31.9 Å². The molecule has 10 heteroatoms. The molecule has 0 atom stereocenters. The van der Waals surface area contributed by atoms with E-state index in [1.165, 1.54) is 16.1 Å². The molecule has 3 rings (SSSR count). The van der Waals surface area contributed by atoms with E-state index >= 15 is 0 Å². The number of sulfonamides is 1. The summed E-state index contributed by atoms with van der Waals surface area (Å²) in [5.41, 5.74) is 1.79. The number of piperazine rings is 1. The highest BCUT2D eigenvalue weighted by Crippen LogP contribution is 2.21. The van der Waals surface area contributed by atoms with Crippen LogP contribution in [0, 0.1) is 5.41 Å². The second-order valence-corrected chi connectivity index (χ2v) is 10.3. The predicted molar refractivity (Wildman–Crippen MR) is 133 cm³/mol. The molecule has 2 heterocycles. The highest BCUT2D eigenvalue weighted by atomic mass is 127. The summed E-state index contributed by atoms with van der Waals surface area (Å²) in [4.78, 5) is 6.52. The zero-order valence-electron chi connectivity index (χ0n) is 18.3. The van der Waals surface area contributed by atoms with Gasteiger partial charge < -0.3 is 14.7 Å². The van der Waals surface area contributed by atoms with Gasteiger partial charge in [0, 0.05) is 45.8 Å². The van der Waals surface area contributed by atoms with E-state index in [4.69, 9.17) is 4.52 Å². The molecule has 0 bridgehead atoms. The summed E-state index contributed by atoms with van der Waals surface area (Å²) in [7, 11) is -1.64. The number of hydrogen-bond donors (Lipinski definition) is 1. The van der Waals surface area contributed by atoms with Crippen LogP contribution in [0.3, 0.4) is 0 Å². The van der Waals surface area contributed by atoms with Crippen molar-refractivity contribution in [3.8, 4) is 0 Å². The number of benzene rings is 1. The van der Waals surface area contributed by atoms with Gasteiger partial charge in [-0.2, -0.15) is 4.31 Å². The van der Waals surface area contributed by atoms with Crippen molar-refractivity contribution in [2.75, 3.05) is 39.8 Å². The molecule has 8 nitrogen and oxygen atoms in total. The van der Waals surface area contributed by atoms with E-state index < -0.39 is 10.0 Å². The van der Waals surface area contributed by atoms with Crippen LogP contribution < -0.4 is 5.32 Å². The molecule has 0 saturated carbocycles. The van der Waals surface area contributed by atoms with Crippen LogP contribution in [0.4, 0.5) is 0 Å². The number of nitrogens with one attached hydrogen (secondary N) is 1. The molecule has 1 aromatic heterocycles. The quantitative estimate of drug-likeness (QED) is 0.318. The molecule has 1 N–H and O–H groups in total. The second kappa shape index (κ2) is 11.3. The number of rotatable bonds is 7. The first kappa shape index (κ1) is 25.6. The maximum absolute atomic E-state index is 12.6. The second-order valence-electron chi connectivity index (χ2n) is 8.36. The minimum absolute atomic E-state index is 0. The first-order chi connectivity index (χ1) is 14.3. The van der Waals surface area contributed by atoms with Crippen LogP contribution in [-0.2, 0) is 22.2 Å². The third-order valence-electron chi connectivity index (χ3n) is 5.22. The average molecular weight is 561 g/mol. The van der Waals surface area contributed by atoms with Crippen LogP contribution in [0.15, 0.2) is 52.2 Å². The van der Waals surface area contributed by atoms with Gasteiger partial charge in [-0.05, 0) is 17.4 Å². The zero-order valence-corrected chi connectivity index (χ0v) is 21.5. The maximum atomic E-state index is 12.6. The maximum Gasteiger partial charge on any atom is 0.220 e. The number of aliphatic imine (C=N–C) groups is 1. The monoisotopic (exact) mass is 561 g/mol. The Morgan fingerprint density at radius 2 is 1.84 bits per heavy atom. The Bertz CT molecular complexity index is 925. The van der Waals surface area contributed by atoms with Crippen LogP contribution in [0.5, 0.6) is 0 Å². The summed E-state index contributed by atoms with van der Waals surface area (Å²) in [5.74, 6) is 0.675. The molecule has 1 aromatic carbocycles. The summed E-state index contributed by atoms with van der Waals surface area (Å²) in [6.45, 7) is 7.28. The summed E-state index contributed by atoms with van der Waals surface area (Å²) in [5, 5.41) is 7.18. The molecule has 1 aliphatic rings. The van der Waals surface area contributed by atoms with Gasteiger partial charge in [-0.15, -0.1) is 24.0 Å². The molecule has 172 valence electrons. The zero-order chi connectivity index (χ0) is 21.6. The van der Waals surface area contributed by atoms with E-state index in [1.54, 1.807) is 13.1 Å². The van der Waals surface area contributed by atoms with Crippen LogP contribution in [0.1, 0.15) is 25.1 Å². The van der Waals surface area contributed by atoms with Crippen LogP contribution in [0.25, 0.3) is 0 Å². The van der Waals surface area contributed by atoms with Gasteiger partial charge in [0.1, 0.15) is 12.0 Å². The van der Waals surface area contributed by atoms with E-state index in [9.17, 15) is 8.42 Å². The van der Waals surface area contributed by atoms with E-state index in [1.807, 2.05) is 6.07 Å². The molecule has 0 amide bonds. The van der Waals surface area contributed by atoms with Crippen LogP contribution >= 0.6 is 24.0 Å². The van der Waals surface area contributed by atoms with Crippen molar-refractivity contribution < 1.29 is 12.9 Å². The van der Waals surface area contributed by atoms with Crippen molar-refractivity contribution in [3.05, 3.63) is 53.9 Å². The van der Waals surface area contributed by atoms with E-state index in [2.05, 4.69) is 58.5 Å². The number of hydrogen-bond acceptors (Lipinski definition) is 5. The minimum Gasteiger partial charge on any atom is -0.364 e. The summed E-state index contributed by atoms with van der Waals surface area (Å²) < 4.78 is 31.5. The normalized spacial score (nSPS) is 16.1. The standard InChI is InChI=1S/C21H31N5O3S.HI/c1-21(2,15-18-7-5-4-6-8-18)17-23-20(22-3)25-10-12-26(13-11-25)30(27,28)16-19-9-14-29-24-19;/h4-9,14H,10-13,15-17H2,1-3H3,(H,22,23);1H. The minimum atomic E-state index is -3.41. The number of aromatic nitrogens is 1. The lowest BCUT2D eigenvalue weighted by atomic mass is 9.86. The molecule has 1 fully saturated rings. The lowest BCUT2D eigenvalue weighted by Gasteiger charge is -2.37. The topological polar surface area (TPSA) is 91.0 Å². The van der Waals surface area contributed by atoms with Crippen molar-refractivity contribution in [1.29, 1.82) is 0 Å². The van der Waals surface area contributed by atoms with Gasteiger partial charge in [0.05, 0.1) is 5.69 Å². The first-order valence-electron chi connectivity index (χ1n) is 10.2. The van der Waals surface area contributed by atoms with Gasteiger partial charge in [-0.1, -0.05) is 49.3 Å². The molecule has 31 heavy (non-hydrogen) atoms. The Morgan fingerprint density at radius 3 is 2.42 bits per heavy atom. The van der Waals surface area contributed by atoms with Gasteiger partial charge in [-0.3, -0.25) is 4.99 Å². The predicted octanol–water partition coefficient (Wildman–Crippen LogP) is 2.58. The number of nitrogens with zero attached hydrogens (tertiary/aromatic N) is 4.